The highest BCUT2D eigenvalue weighted by molar-refractivity contribution is 5.78. The van der Waals surface area contributed by atoms with Crippen LogP contribution in [0.3, 0.4) is 0 Å². The molecule has 0 aliphatic heterocycles. The van der Waals surface area contributed by atoms with Crippen LogP contribution in [0, 0.1) is 24.0 Å². The van der Waals surface area contributed by atoms with E-state index in [1.807, 2.05) is 74.5 Å². The Morgan fingerprint density at radius 2 is 1.46 bits per heavy atom. The standard InChI is InChI=1S/C27H31N3O7/c1-20-19-21(2)29-26(28-20)37-24(25(31)35-17-11-6-12-18-36-30(32)33)27(34-3,22-13-7-4-8-14-22)23-15-9-5-10-16-23/h4-5,7-10,13-16,19,24H,6,11-12,17-18H2,1-3H3/t24-/m1/s1. The molecule has 37 heavy (non-hydrogen) atoms. The summed E-state index contributed by atoms with van der Waals surface area (Å²) in [6.45, 7) is 3.71. The number of hydrogen-bond donors (Lipinski definition) is 0. The van der Waals surface area contributed by atoms with E-state index in [0.717, 1.165) is 0 Å². The third kappa shape index (κ3) is 7.23. The molecule has 2 aromatic carbocycles. The fourth-order valence-corrected chi connectivity index (χ4v) is 4.10. The van der Waals surface area contributed by atoms with E-state index < -0.39 is 22.8 Å². The van der Waals surface area contributed by atoms with Crippen molar-refractivity contribution in [2.45, 2.75) is 44.8 Å². The Balaban J connectivity index is 1.94. The van der Waals surface area contributed by atoms with Crippen LogP contribution in [0.25, 0.3) is 0 Å². The molecule has 0 unspecified atom stereocenters. The van der Waals surface area contributed by atoms with E-state index in [1.54, 1.807) is 6.07 Å². The molecule has 0 saturated carbocycles. The van der Waals surface area contributed by atoms with E-state index in [0.29, 0.717) is 41.8 Å². The Morgan fingerprint density at radius 3 is 1.97 bits per heavy atom. The molecule has 1 atom stereocenters. The smallest absolute Gasteiger partial charge is 0.351 e. The maximum Gasteiger partial charge on any atom is 0.351 e. The minimum absolute atomic E-state index is 0.00840. The average Bonchev–Trinajstić information content (AvgIpc) is 2.88. The number of benzene rings is 2. The molecule has 0 aliphatic carbocycles. The molecule has 10 heteroatoms. The van der Waals surface area contributed by atoms with Gasteiger partial charge in [0.2, 0.25) is 6.10 Å². The van der Waals surface area contributed by atoms with Gasteiger partial charge in [-0.2, -0.15) is 0 Å². The Kier molecular flexibility index (Phi) is 9.91. The van der Waals surface area contributed by atoms with Gasteiger partial charge in [0.05, 0.1) is 13.2 Å². The van der Waals surface area contributed by atoms with E-state index in [4.69, 9.17) is 14.2 Å². The summed E-state index contributed by atoms with van der Waals surface area (Å²) in [6.07, 6.45) is 0.252. The highest BCUT2D eigenvalue weighted by Gasteiger charge is 2.50. The number of ether oxygens (including phenoxy) is 3. The molecule has 1 heterocycles. The Hall–Kier alpha value is -4.05. The molecule has 0 fully saturated rings. The summed E-state index contributed by atoms with van der Waals surface area (Å²) < 4.78 is 18.0. The number of hydrogen-bond acceptors (Lipinski definition) is 9. The number of carbonyl (C=O) groups is 1. The highest BCUT2D eigenvalue weighted by Crippen LogP contribution is 2.39. The zero-order valence-electron chi connectivity index (χ0n) is 21.2. The van der Waals surface area contributed by atoms with Gasteiger partial charge in [0.25, 0.3) is 5.09 Å². The van der Waals surface area contributed by atoms with E-state index in [1.165, 1.54) is 7.11 Å². The van der Waals surface area contributed by atoms with Crippen molar-refractivity contribution >= 4 is 5.97 Å². The van der Waals surface area contributed by atoms with Crippen LogP contribution in [0.1, 0.15) is 41.8 Å². The quantitative estimate of drug-likeness (QED) is 0.135. The largest absolute Gasteiger partial charge is 0.463 e. The average molecular weight is 510 g/mol. The number of nitrogens with zero attached hydrogens (tertiary/aromatic N) is 3. The van der Waals surface area contributed by atoms with Gasteiger partial charge in [0, 0.05) is 18.5 Å². The topological polar surface area (TPSA) is 123 Å². The molecule has 0 saturated heterocycles. The number of aromatic nitrogens is 2. The van der Waals surface area contributed by atoms with Crippen molar-refractivity contribution in [1.29, 1.82) is 0 Å². The summed E-state index contributed by atoms with van der Waals surface area (Å²) in [4.78, 5) is 37.0. The number of unbranched alkanes of at least 4 members (excludes halogenated alkanes) is 2. The van der Waals surface area contributed by atoms with Gasteiger partial charge in [0.15, 0.2) is 5.60 Å². The van der Waals surface area contributed by atoms with Crippen molar-refractivity contribution in [3.8, 4) is 6.01 Å². The predicted octanol–water partition coefficient (Wildman–Crippen LogP) is 4.35. The molecular formula is C27H31N3O7. The normalized spacial score (nSPS) is 12.0. The van der Waals surface area contributed by atoms with Crippen LogP contribution in [0.5, 0.6) is 6.01 Å². The molecule has 0 N–H and O–H groups in total. The van der Waals surface area contributed by atoms with Crippen LogP contribution in [-0.4, -0.2) is 47.5 Å². The molecule has 1 aromatic heterocycles. The second kappa shape index (κ2) is 13.3. The van der Waals surface area contributed by atoms with Crippen LogP contribution in [0.4, 0.5) is 0 Å². The van der Waals surface area contributed by atoms with Gasteiger partial charge in [0.1, 0.15) is 0 Å². The van der Waals surface area contributed by atoms with E-state index in [-0.39, 0.29) is 19.2 Å². The van der Waals surface area contributed by atoms with Gasteiger partial charge in [-0.1, -0.05) is 60.7 Å². The van der Waals surface area contributed by atoms with Gasteiger partial charge in [-0.3, -0.25) is 0 Å². The van der Waals surface area contributed by atoms with Crippen molar-refractivity contribution in [2.24, 2.45) is 0 Å². The SMILES string of the molecule is COC(c1ccccc1)(c1ccccc1)[C@H](Oc1nc(C)cc(C)n1)C(=O)OCCCCCO[N+](=O)[O-]. The third-order valence-electron chi connectivity index (χ3n) is 5.73. The number of carbonyl (C=O) groups excluding carboxylic acids is 1. The van der Waals surface area contributed by atoms with Crippen LogP contribution in [-0.2, 0) is 24.7 Å². The molecular weight excluding hydrogens is 478 g/mol. The summed E-state index contributed by atoms with van der Waals surface area (Å²) in [5.74, 6) is -0.654. The molecule has 0 amide bonds. The molecule has 3 rings (SSSR count). The van der Waals surface area contributed by atoms with Gasteiger partial charge in [-0.15, -0.1) is 10.1 Å². The lowest BCUT2D eigenvalue weighted by molar-refractivity contribution is -0.757. The summed E-state index contributed by atoms with van der Waals surface area (Å²) >= 11 is 0. The molecule has 0 radical (unpaired) electrons. The lowest BCUT2D eigenvalue weighted by atomic mass is 9.81. The van der Waals surface area contributed by atoms with Crippen LogP contribution in [0.2, 0.25) is 0 Å². The number of methoxy groups -OCH3 is 1. The second-order valence-corrected chi connectivity index (χ2v) is 8.39. The third-order valence-corrected chi connectivity index (χ3v) is 5.73. The first kappa shape index (κ1) is 27.5. The lowest BCUT2D eigenvalue weighted by Gasteiger charge is -2.38. The first-order valence-electron chi connectivity index (χ1n) is 12.0. The first-order valence-corrected chi connectivity index (χ1v) is 12.0. The summed E-state index contributed by atoms with van der Waals surface area (Å²) in [5.41, 5.74) is 1.38. The fourth-order valence-electron chi connectivity index (χ4n) is 4.10. The monoisotopic (exact) mass is 509 g/mol. The molecule has 10 nitrogen and oxygen atoms in total. The Bertz CT molecular complexity index is 1100. The van der Waals surface area contributed by atoms with Crippen LogP contribution < -0.4 is 4.74 Å². The van der Waals surface area contributed by atoms with E-state index in [2.05, 4.69) is 14.8 Å². The van der Waals surface area contributed by atoms with Crippen molar-refractivity contribution < 1.29 is 28.9 Å². The number of aryl methyl sites for hydroxylation is 2. The zero-order chi connectivity index (χ0) is 26.7. The number of esters is 1. The predicted molar refractivity (Wildman–Crippen MR) is 134 cm³/mol. The van der Waals surface area contributed by atoms with Crippen molar-refractivity contribution in [3.63, 3.8) is 0 Å². The minimum Gasteiger partial charge on any atom is -0.463 e. The van der Waals surface area contributed by atoms with Crippen LogP contribution in [0.15, 0.2) is 66.7 Å². The first-order chi connectivity index (χ1) is 17.9. The highest BCUT2D eigenvalue weighted by atomic mass is 16.9. The maximum absolute atomic E-state index is 13.7. The molecule has 3 aromatic rings. The lowest BCUT2D eigenvalue weighted by Crippen LogP contribution is -2.51. The van der Waals surface area contributed by atoms with Crippen molar-refractivity contribution in [3.05, 3.63) is 99.4 Å². The van der Waals surface area contributed by atoms with E-state index >= 15 is 0 Å². The van der Waals surface area contributed by atoms with Gasteiger partial charge in [-0.05, 0) is 50.3 Å². The Labute approximate surface area is 215 Å². The fraction of sp³-hybridized carbons (Fsp3) is 0.370. The number of rotatable bonds is 14. The van der Waals surface area contributed by atoms with Gasteiger partial charge >= 0.3 is 12.0 Å². The van der Waals surface area contributed by atoms with Crippen molar-refractivity contribution in [1.82, 2.24) is 9.97 Å². The molecule has 0 bridgehead atoms. The molecule has 0 spiro atoms. The second-order valence-electron chi connectivity index (χ2n) is 8.39. The zero-order valence-corrected chi connectivity index (χ0v) is 21.2. The van der Waals surface area contributed by atoms with Crippen molar-refractivity contribution in [2.75, 3.05) is 20.3 Å². The molecule has 0 aliphatic rings. The minimum atomic E-state index is -1.37. The molecule has 196 valence electrons. The summed E-state index contributed by atoms with van der Waals surface area (Å²) in [5, 5.41) is 9.45. The Morgan fingerprint density at radius 1 is 0.919 bits per heavy atom. The van der Waals surface area contributed by atoms with Gasteiger partial charge < -0.3 is 19.0 Å². The maximum atomic E-state index is 13.7. The van der Waals surface area contributed by atoms with E-state index in [9.17, 15) is 14.9 Å². The summed E-state index contributed by atoms with van der Waals surface area (Å²) in [7, 11) is 1.52. The van der Waals surface area contributed by atoms with Gasteiger partial charge in [-0.25, -0.2) is 14.8 Å². The summed E-state index contributed by atoms with van der Waals surface area (Å²) in [6, 6.07) is 20.4. The van der Waals surface area contributed by atoms with Crippen LogP contribution >= 0.6 is 0 Å².